The second-order valence-electron chi connectivity index (χ2n) is 3.71. The highest BCUT2D eigenvalue weighted by Gasteiger charge is 2.23. The summed E-state index contributed by atoms with van der Waals surface area (Å²) in [5.74, 6) is -0.125. The molecule has 0 aromatic heterocycles. The minimum atomic E-state index is -0.477. The molecule has 0 bridgehead atoms. The van der Waals surface area contributed by atoms with Crippen LogP contribution in [-0.4, -0.2) is 49.6 Å². The first-order valence-electron chi connectivity index (χ1n) is 5.34. The van der Waals surface area contributed by atoms with Crippen molar-refractivity contribution in [3.63, 3.8) is 0 Å². The fraction of sp³-hybridized carbons (Fsp3) is 0.900. The molecule has 0 spiro atoms. The molecular formula is C10H19NO4. The molecule has 1 rings (SSSR count). The highest BCUT2D eigenvalue weighted by molar-refractivity contribution is 5.81. The van der Waals surface area contributed by atoms with Gasteiger partial charge in [-0.3, -0.25) is 4.79 Å². The van der Waals surface area contributed by atoms with Crippen molar-refractivity contribution < 1.29 is 19.4 Å². The van der Waals surface area contributed by atoms with Crippen LogP contribution in [0.5, 0.6) is 0 Å². The SMILES string of the molecule is CC(CCCO)NC(=O)C1COCCO1. The molecule has 88 valence electrons. The average molecular weight is 217 g/mol. The molecule has 2 atom stereocenters. The zero-order valence-corrected chi connectivity index (χ0v) is 9.07. The number of hydrogen-bond acceptors (Lipinski definition) is 4. The molecule has 1 heterocycles. The molecule has 1 saturated heterocycles. The molecule has 5 nitrogen and oxygen atoms in total. The molecule has 5 heteroatoms. The quantitative estimate of drug-likeness (QED) is 0.662. The Kier molecular flexibility index (Phi) is 5.60. The van der Waals surface area contributed by atoms with Crippen LogP contribution in [0, 0.1) is 0 Å². The van der Waals surface area contributed by atoms with Gasteiger partial charge >= 0.3 is 0 Å². The molecule has 1 fully saturated rings. The lowest BCUT2D eigenvalue weighted by Gasteiger charge is -2.23. The second kappa shape index (κ2) is 6.76. The monoisotopic (exact) mass is 217 g/mol. The lowest BCUT2D eigenvalue weighted by Crippen LogP contribution is -2.45. The van der Waals surface area contributed by atoms with Gasteiger partial charge in [-0.25, -0.2) is 0 Å². The Hall–Kier alpha value is -0.650. The molecule has 0 aliphatic carbocycles. The van der Waals surface area contributed by atoms with Crippen LogP contribution < -0.4 is 5.32 Å². The van der Waals surface area contributed by atoms with Crippen molar-refractivity contribution in [3.05, 3.63) is 0 Å². The van der Waals surface area contributed by atoms with Gasteiger partial charge in [-0.15, -0.1) is 0 Å². The fourth-order valence-corrected chi connectivity index (χ4v) is 1.44. The summed E-state index contributed by atoms with van der Waals surface area (Å²) in [6, 6.07) is 0.0650. The summed E-state index contributed by atoms with van der Waals surface area (Å²) in [5, 5.41) is 11.5. The Labute approximate surface area is 89.8 Å². The third-order valence-corrected chi connectivity index (χ3v) is 2.29. The highest BCUT2D eigenvalue weighted by Crippen LogP contribution is 2.02. The number of ether oxygens (including phenoxy) is 2. The number of amides is 1. The first kappa shape index (κ1) is 12.4. The van der Waals surface area contributed by atoms with Gasteiger partial charge < -0.3 is 19.9 Å². The number of aliphatic hydroxyl groups is 1. The minimum absolute atomic E-state index is 0.0650. The smallest absolute Gasteiger partial charge is 0.251 e. The Morgan fingerprint density at radius 2 is 2.40 bits per heavy atom. The first-order chi connectivity index (χ1) is 7.24. The summed E-state index contributed by atoms with van der Waals surface area (Å²) in [6.45, 7) is 3.44. The number of carbonyl (C=O) groups is 1. The molecule has 2 N–H and O–H groups in total. The predicted molar refractivity (Wildman–Crippen MR) is 54.5 cm³/mol. The third kappa shape index (κ3) is 4.59. The highest BCUT2D eigenvalue weighted by atomic mass is 16.6. The van der Waals surface area contributed by atoms with Crippen LogP contribution in [-0.2, 0) is 14.3 Å². The van der Waals surface area contributed by atoms with E-state index < -0.39 is 6.10 Å². The molecule has 1 aliphatic rings. The molecule has 1 aliphatic heterocycles. The number of aliphatic hydroxyl groups excluding tert-OH is 1. The molecule has 0 aromatic carbocycles. The van der Waals surface area contributed by atoms with Crippen LogP contribution >= 0.6 is 0 Å². The Morgan fingerprint density at radius 1 is 1.60 bits per heavy atom. The van der Waals surface area contributed by atoms with E-state index in [1.807, 2.05) is 6.92 Å². The van der Waals surface area contributed by atoms with E-state index >= 15 is 0 Å². The van der Waals surface area contributed by atoms with E-state index in [2.05, 4.69) is 5.32 Å². The van der Waals surface area contributed by atoms with E-state index in [4.69, 9.17) is 14.6 Å². The number of hydrogen-bond donors (Lipinski definition) is 2. The van der Waals surface area contributed by atoms with Crippen LogP contribution in [0.25, 0.3) is 0 Å². The van der Waals surface area contributed by atoms with Crippen molar-refractivity contribution in [2.75, 3.05) is 26.4 Å². The zero-order chi connectivity index (χ0) is 11.1. The van der Waals surface area contributed by atoms with Crippen LogP contribution in [0.2, 0.25) is 0 Å². The largest absolute Gasteiger partial charge is 0.396 e. The molecule has 0 saturated carbocycles. The van der Waals surface area contributed by atoms with Gasteiger partial charge in [0.05, 0.1) is 19.8 Å². The van der Waals surface area contributed by atoms with Gasteiger partial charge in [0.15, 0.2) is 6.10 Å². The molecule has 0 radical (unpaired) electrons. The molecule has 1 amide bonds. The van der Waals surface area contributed by atoms with Crippen molar-refractivity contribution in [3.8, 4) is 0 Å². The minimum Gasteiger partial charge on any atom is -0.396 e. The van der Waals surface area contributed by atoms with Crippen LogP contribution in [0.1, 0.15) is 19.8 Å². The van der Waals surface area contributed by atoms with Gasteiger partial charge in [0.1, 0.15) is 0 Å². The summed E-state index contributed by atoms with van der Waals surface area (Å²) in [7, 11) is 0. The number of rotatable bonds is 5. The van der Waals surface area contributed by atoms with Crippen molar-refractivity contribution in [1.29, 1.82) is 0 Å². The topological polar surface area (TPSA) is 67.8 Å². The van der Waals surface area contributed by atoms with Gasteiger partial charge in [0.25, 0.3) is 5.91 Å². The van der Waals surface area contributed by atoms with E-state index in [-0.39, 0.29) is 18.6 Å². The van der Waals surface area contributed by atoms with Crippen molar-refractivity contribution in [1.82, 2.24) is 5.32 Å². The van der Waals surface area contributed by atoms with Gasteiger partial charge in [-0.05, 0) is 19.8 Å². The van der Waals surface area contributed by atoms with E-state index in [0.717, 1.165) is 6.42 Å². The Balaban J connectivity index is 2.21. The maximum absolute atomic E-state index is 11.6. The lowest BCUT2D eigenvalue weighted by molar-refractivity contribution is -0.148. The van der Waals surface area contributed by atoms with Crippen molar-refractivity contribution >= 4 is 5.91 Å². The van der Waals surface area contributed by atoms with Crippen LogP contribution in [0.15, 0.2) is 0 Å². The maximum Gasteiger partial charge on any atom is 0.251 e. The Bertz CT molecular complexity index is 192. The molecule has 2 unspecified atom stereocenters. The zero-order valence-electron chi connectivity index (χ0n) is 9.07. The van der Waals surface area contributed by atoms with E-state index in [0.29, 0.717) is 26.2 Å². The maximum atomic E-state index is 11.6. The average Bonchev–Trinajstić information content (AvgIpc) is 2.27. The van der Waals surface area contributed by atoms with E-state index in [9.17, 15) is 4.79 Å². The van der Waals surface area contributed by atoms with Crippen molar-refractivity contribution in [2.45, 2.75) is 31.9 Å². The van der Waals surface area contributed by atoms with Gasteiger partial charge in [-0.2, -0.15) is 0 Å². The van der Waals surface area contributed by atoms with E-state index in [1.165, 1.54) is 0 Å². The van der Waals surface area contributed by atoms with Gasteiger partial charge in [-0.1, -0.05) is 0 Å². The molecular weight excluding hydrogens is 198 g/mol. The summed E-state index contributed by atoms with van der Waals surface area (Å²) in [4.78, 5) is 11.6. The number of nitrogens with one attached hydrogen (secondary N) is 1. The third-order valence-electron chi connectivity index (χ3n) is 2.29. The molecule has 15 heavy (non-hydrogen) atoms. The summed E-state index contributed by atoms with van der Waals surface area (Å²) in [6.07, 6.45) is 0.995. The predicted octanol–water partition coefficient (Wildman–Crippen LogP) is -0.321. The summed E-state index contributed by atoms with van der Waals surface area (Å²) in [5.41, 5.74) is 0. The lowest BCUT2D eigenvalue weighted by atomic mass is 10.2. The standard InChI is InChI=1S/C10H19NO4/c1-8(3-2-4-12)11-10(13)9-7-14-5-6-15-9/h8-9,12H,2-7H2,1H3,(H,11,13). The van der Waals surface area contributed by atoms with Gasteiger partial charge in [0.2, 0.25) is 0 Å². The first-order valence-corrected chi connectivity index (χ1v) is 5.34. The number of carbonyl (C=O) groups excluding carboxylic acids is 1. The van der Waals surface area contributed by atoms with Crippen LogP contribution in [0.4, 0.5) is 0 Å². The normalized spacial score (nSPS) is 23.5. The summed E-state index contributed by atoms with van der Waals surface area (Å²) < 4.78 is 10.4. The Morgan fingerprint density at radius 3 is 3.00 bits per heavy atom. The van der Waals surface area contributed by atoms with E-state index in [1.54, 1.807) is 0 Å². The van der Waals surface area contributed by atoms with Crippen molar-refractivity contribution in [2.24, 2.45) is 0 Å². The second-order valence-corrected chi connectivity index (χ2v) is 3.71. The van der Waals surface area contributed by atoms with Crippen LogP contribution in [0.3, 0.4) is 0 Å². The summed E-state index contributed by atoms with van der Waals surface area (Å²) >= 11 is 0. The van der Waals surface area contributed by atoms with Gasteiger partial charge in [0, 0.05) is 12.6 Å². The molecule has 0 aromatic rings. The fourth-order valence-electron chi connectivity index (χ4n) is 1.44.